The molecule has 7 heteroatoms. The summed E-state index contributed by atoms with van der Waals surface area (Å²) in [6, 6.07) is 3.42. The standard InChI is InChI=1S/C13H15FN4O2/c1-2-3-17-9-10(8-16-17)7-15-12-4-11(14)5-13(6-12)18(19)20/h4-6,8-9,15H,2-3,7H2,1H3. The number of hydrogen-bond acceptors (Lipinski definition) is 4. The Hall–Kier alpha value is -2.44. The summed E-state index contributed by atoms with van der Waals surface area (Å²) in [4.78, 5) is 10.0. The van der Waals surface area contributed by atoms with E-state index in [0.29, 0.717) is 12.2 Å². The number of nitrogens with zero attached hydrogens (tertiary/aromatic N) is 3. The Balaban J connectivity index is 2.04. The first-order chi connectivity index (χ1) is 9.58. The molecule has 0 fully saturated rings. The first-order valence-electron chi connectivity index (χ1n) is 6.28. The predicted octanol–water partition coefficient (Wildman–Crippen LogP) is 2.95. The van der Waals surface area contributed by atoms with Crippen molar-refractivity contribution in [1.82, 2.24) is 9.78 Å². The number of aromatic nitrogens is 2. The van der Waals surface area contributed by atoms with E-state index in [1.54, 1.807) is 6.20 Å². The van der Waals surface area contributed by atoms with Crippen molar-refractivity contribution in [3.63, 3.8) is 0 Å². The highest BCUT2D eigenvalue weighted by Crippen LogP contribution is 2.20. The summed E-state index contributed by atoms with van der Waals surface area (Å²) in [5.41, 5.74) is 1.04. The minimum absolute atomic E-state index is 0.269. The molecular weight excluding hydrogens is 263 g/mol. The molecule has 0 saturated carbocycles. The normalized spacial score (nSPS) is 10.5. The average molecular weight is 278 g/mol. The van der Waals surface area contributed by atoms with Crippen LogP contribution in [0.15, 0.2) is 30.6 Å². The molecule has 0 atom stereocenters. The van der Waals surface area contributed by atoms with Gasteiger partial charge in [-0.25, -0.2) is 4.39 Å². The molecule has 0 spiro atoms. The van der Waals surface area contributed by atoms with Crippen LogP contribution in [0.25, 0.3) is 0 Å². The van der Waals surface area contributed by atoms with Crippen LogP contribution in [-0.4, -0.2) is 14.7 Å². The fourth-order valence-electron chi connectivity index (χ4n) is 1.83. The summed E-state index contributed by atoms with van der Waals surface area (Å²) >= 11 is 0. The smallest absolute Gasteiger partial charge is 0.274 e. The topological polar surface area (TPSA) is 73.0 Å². The van der Waals surface area contributed by atoms with Crippen LogP contribution in [0, 0.1) is 15.9 Å². The molecule has 1 aromatic carbocycles. The van der Waals surface area contributed by atoms with Crippen molar-refractivity contribution < 1.29 is 9.31 Å². The third-order valence-electron chi connectivity index (χ3n) is 2.73. The number of benzene rings is 1. The van der Waals surface area contributed by atoms with E-state index < -0.39 is 10.7 Å². The first kappa shape index (κ1) is 14.0. The van der Waals surface area contributed by atoms with Crippen molar-refractivity contribution in [1.29, 1.82) is 0 Å². The minimum Gasteiger partial charge on any atom is -0.381 e. The molecule has 1 aromatic heterocycles. The highest BCUT2D eigenvalue weighted by molar-refractivity contribution is 5.51. The van der Waals surface area contributed by atoms with Gasteiger partial charge in [-0.2, -0.15) is 5.10 Å². The Labute approximate surface area is 115 Å². The van der Waals surface area contributed by atoms with E-state index in [0.717, 1.165) is 24.6 Å². The fourth-order valence-corrected chi connectivity index (χ4v) is 1.83. The zero-order valence-corrected chi connectivity index (χ0v) is 11.0. The highest BCUT2D eigenvalue weighted by Gasteiger charge is 2.09. The molecule has 0 radical (unpaired) electrons. The number of hydrogen-bond donors (Lipinski definition) is 1. The third kappa shape index (κ3) is 3.53. The first-order valence-corrected chi connectivity index (χ1v) is 6.28. The summed E-state index contributed by atoms with van der Waals surface area (Å²) in [6.45, 7) is 3.33. The average Bonchev–Trinajstić information content (AvgIpc) is 2.84. The lowest BCUT2D eigenvalue weighted by atomic mass is 10.2. The largest absolute Gasteiger partial charge is 0.381 e. The van der Waals surface area contributed by atoms with Crippen LogP contribution >= 0.6 is 0 Å². The number of nitro benzene ring substituents is 1. The van der Waals surface area contributed by atoms with Crippen LogP contribution in [0.5, 0.6) is 0 Å². The third-order valence-corrected chi connectivity index (χ3v) is 2.73. The molecule has 0 saturated heterocycles. The van der Waals surface area contributed by atoms with Gasteiger partial charge in [0.25, 0.3) is 5.69 Å². The maximum atomic E-state index is 13.3. The second-order valence-electron chi connectivity index (χ2n) is 4.42. The molecule has 0 aliphatic rings. The van der Waals surface area contributed by atoms with Crippen molar-refractivity contribution in [2.75, 3.05) is 5.32 Å². The van der Waals surface area contributed by atoms with Crippen molar-refractivity contribution in [3.8, 4) is 0 Å². The van der Waals surface area contributed by atoms with Crippen LogP contribution in [0.2, 0.25) is 0 Å². The van der Waals surface area contributed by atoms with E-state index in [9.17, 15) is 14.5 Å². The van der Waals surface area contributed by atoms with Gasteiger partial charge in [-0.05, 0) is 12.5 Å². The molecule has 1 heterocycles. The van der Waals surface area contributed by atoms with Crippen LogP contribution in [0.4, 0.5) is 15.8 Å². The van der Waals surface area contributed by atoms with Gasteiger partial charge in [0.05, 0.1) is 17.2 Å². The molecule has 0 aliphatic heterocycles. The lowest BCUT2D eigenvalue weighted by Gasteiger charge is -2.05. The summed E-state index contributed by atoms with van der Waals surface area (Å²) in [5, 5.41) is 17.8. The zero-order valence-electron chi connectivity index (χ0n) is 11.0. The molecule has 106 valence electrons. The molecular formula is C13H15FN4O2. The predicted molar refractivity (Wildman–Crippen MR) is 72.9 cm³/mol. The molecule has 6 nitrogen and oxygen atoms in total. The fraction of sp³-hybridized carbons (Fsp3) is 0.308. The molecule has 20 heavy (non-hydrogen) atoms. The zero-order chi connectivity index (χ0) is 14.5. The SMILES string of the molecule is CCCn1cc(CNc2cc(F)cc([N+](=O)[O-])c2)cn1. The van der Waals surface area contributed by atoms with Crippen LogP contribution < -0.4 is 5.32 Å². The number of anilines is 1. The summed E-state index contributed by atoms with van der Waals surface area (Å²) in [7, 11) is 0. The summed E-state index contributed by atoms with van der Waals surface area (Å²) in [5.74, 6) is -0.636. The molecule has 0 unspecified atom stereocenters. The number of nitrogens with one attached hydrogen (secondary N) is 1. The Morgan fingerprint density at radius 2 is 2.25 bits per heavy atom. The Bertz CT molecular complexity index is 612. The van der Waals surface area contributed by atoms with Crippen LogP contribution in [-0.2, 0) is 13.1 Å². The van der Waals surface area contributed by atoms with E-state index in [-0.39, 0.29) is 5.69 Å². The number of nitro groups is 1. The second-order valence-corrected chi connectivity index (χ2v) is 4.42. The van der Waals surface area contributed by atoms with Gasteiger partial charge in [0.1, 0.15) is 5.82 Å². The van der Waals surface area contributed by atoms with Gasteiger partial charge in [0, 0.05) is 36.6 Å². The summed E-state index contributed by atoms with van der Waals surface area (Å²) in [6.07, 6.45) is 4.60. The number of non-ortho nitro benzene ring substituents is 1. The maximum absolute atomic E-state index is 13.3. The highest BCUT2D eigenvalue weighted by atomic mass is 19.1. The van der Waals surface area contributed by atoms with E-state index in [1.807, 2.05) is 10.9 Å². The molecule has 2 rings (SSSR count). The van der Waals surface area contributed by atoms with Gasteiger partial charge >= 0.3 is 0 Å². The van der Waals surface area contributed by atoms with E-state index >= 15 is 0 Å². The van der Waals surface area contributed by atoms with Crippen molar-refractivity contribution in [2.45, 2.75) is 26.4 Å². The van der Waals surface area contributed by atoms with E-state index in [1.165, 1.54) is 12.1 Å². The van der Waals surface area contributed by atoms with Gasteiger partial charge in [0.2, 0.25) is 0 Å². The van der Waals surface area contributed by atoms with Crippen molar-refractivity contribution in [3.05, 3.63) is 52.1 Å². The van der Waals surface area contributed by atoms with Gasteiger partial charge in [-0.3, -0.25) is 14.8 Å². The summed E-state index contributed by atoms with van der Waals surface area (Å²) < 4.78 is 15.1. The van der Waals surface area contributed by atoms with Crippen LogP contribution in [0.1, 0.15) is 18.9 Å². The molecule has 2 aromatic rings. The van der Waals surface area contributed by atoms with Crippen molar-refractivity contribution >= 4 is 11.4 Å². The van der Waals surface area contributed by atoms with Crippen molar-refractivity contribution in [2.24, 2.45) is 0 Å². The Morgan fingerprint density at radius 1 is 1.45 bits per heavy atom. The molecule has 0 bridgehead atoms. The number of rotatable bonds is 6. The molecule has 0 amide bonds. The van der Waals surface area contributed by atoms with E-state index in [2.05, 4.69) is 17.3 Å². The van der Waals surface area contributed by atoms with Gasteiger partial charge in [-0.15, -0.1) is 0 Å². The molecule has 1 N–H and O–H groups in total. The van der Waals surface area contributed by atoms with Gasteiger partial charge in [-0.1, -0.05) is 6.92 Å². The second kappa shape index (κ2) is 6.14. The quantitative estimate of drug-likeness (QED) is 0.651. The van der Waals surface area contributed by atoms with Crippen LogP contribution in [0.3, 0.4) is 0 Å². The maximum Gasteiger partial charge on any atom is 0.274 e. The number of halogens is 1. The lowest BCUT2D eigenvalue weighted by molar-refractivity contribution is -0.385. The number of aryl methyl sites for hydroxylation is 1. The lowest BCUT2D eigenvalue weighted by Crippen LogP contribution is -2.00. The van der Waals surface area contributed by atoms with E-state index in [4.69, 9.17) is 0 Å². The monoisotopic (exact) mass is 278 g/mol. The minimum atomic E-state index is -0.636. The Kier molecular flexibility index (Phi) is 4.29. The van der Waals surface area contributed by atoms with Gasteiger partial charge in [0.15, 0.2) is 0 Å². The van der Waals surface area contributed by atoms with Gasteiger partial charge < -0.3 is 5.32 Å². The Morgan fingerprint density at radius 3 is 2.95 bits per heavy atom. The molecule has 0 aliphatic carbocycles.